The molecule has 8 nitrogen and oxygen atoms in total. The number of barbiturate groups is 1. The minimum Gasteiger partial charge on any atom is -0.493 e. The van der Waals surface area contributed by atoms with Crippen LogP contribution in [0.15, 0.2) is 82.8 Å². The van der Waals surface area contributed by atoms with Crippen LogP contribution in [0.4, 0.5) is 10.5 Å². The first-order valence-electron chi connectivity index (χ1n) is 10.6. The number of ether oxygens (including phenoxy) is 3. The smallest absolute Gasteiger partial charge is 0.335 e. The lowest BCUT2D eigenvalue weighted by atomic mass is 10.1. The highest BCUT2D eigenvalue weighted by Crippen LogP contribution is 2.26. The van der Waals surface area contributed by atoms with E-state index in [0.29, 0.717) is 28.5 Å². The van der Waals surface area contributed by atoms with Crippen LogP contribution < -0.4 is 24.4 Å². The number of amides is 4. The number of halogens is 1. The van der Waals surface area contributed by atoms with E-state index in [2.05, 4.69) is 21.2 Å². The van der Waals surface area contributed by atoms with Gasteiger partial charge in [-0.2, -0.15) is 0 Å². The maximum atomic E-state index is 13.0. The summed E-state index contributed by atoms with van der Waals surface area (Å²) in [6.07, 6.45) is 1.42. The normalized spacial score (nSPS) is 14.6. The lowest BCUT2D eigenvalue weighted by Gasteiger charge is -2.26. The highest BCUT2D eigenvalue weighted by Gasteiger charge is 2.36. The molecule has 178 valence electrons. The fourth-order valence-corrected chi connectivity index (χ4v) is 3.66. The number of nitrogens with one attached hydrogen (secondary N) is 1. The summed E-state index contributed by atoms with van der Waals surface area (Å²) in [5.74, 6) is 0.311. The Morgan fingerprint density at radius 2 is 1.60 bits per heavy atom. The molecular formula is C26H21BrN2O6. The van der Waals surface area contributed by atoms with Crippen LogP contribution in [0.1, 0.15) is 5.56 Å². The third-order valence-corrected chi connectivity index (χ3v) is 5.56. The molecule has 0 bridgehead atoms. The van der Waals surface area contributed by atoms with Crippen molar-refractivity contribution in [2.45, 2.75) is 0 Å². The SMILES string of the molecule is COc1ccccc1OCCOc1cccc(/C=C2\C(=O)NC(=O)N(c3ccc(Br)cc3)C2=O)c1. The molecule has 3 aromatic carbocycles. The molecular weight excluding hydrogens is 516 g/mol. The second-order valence-electron chi connectivity index (χ2n) is 7.35. The number of hydrogen-bond donors (Lipinski definition) is 1. The van der Waals surface area contributed by atoms with E-state index < -0.39 is 17.8 Å². The molecule has 0 atom stereocenters. The highest BCUT2D eigenvalue weighted by atomic mass is 79.9. The van der Waals surface area contributed by atoms with Crippen molar-refractivity contribution in [3.8, 4) is 17.2 Å². The Balaban J connectivity index is 1.45. The quantitative estimate of drug-likeness (QED) is 0.257. The number of urea groups is 1. The third kappa shape index (κ3) is 5.70. The van der Waals surface area contributed by atoms with Crippen molar-refractivity contribution in [3.63, 3.8) is 0 Å². The van der Waals surface area contributed by atoms with Crippen LogP contribution in [0, 0.1) is 0 Å². The Kier molecular flexibility index (Phi) is 7.47. The lowest BCUT2D eigenvalue weighted by molar-refractivity contribution is -0.122. The molecule has 1 aliphatic rings. The number of methoxy groups -OCH3 is 1. The Morgan fingerprint density at radius 1 is 0.886 bits per heavy atom. The molecule has 1 fully saturated rings. The maximum Gasteiger partial charge on any atom is 0.335 e. The molecule has 0 aromatic heterocycles. The molecule has 0 saturated carbocycles. The van der Waals surface area contributed by atoms with Crippen molar-refractivity contribution in [3.05, 3.63) is 88.4 Å². The van der Waals surface area contributed by atoms with E-state index in [9.17, 15) is 14.4 Å². The summed E-state index contributed by atoms with van der Waals surface area (Å²) < 4.78 is 17.5. The number of imide groups is 2. The van der Waals surface area contributed by atoms with Gasteiger partial charge in [0.2, 0.25) is 0 Å². The van der Waals surface area contributed by atoms with Gasteiger partial charge in [-0.05, 0) is 60.2 Å². The number of carbonyl (C=O) groups excluding carboxylic acids is 3. The first kappa shape index (κ1) is 24.0. The predicted octanol–water partition coefficient (Wildman–Crippen LogP) is 4.58. The number of para-hydroxylation sites is 2. The third-order valence-electron chi connectivity index (χ3n) is 5.03. The summed E-state index contributed by atoms with van der Waals surface area (Å²) in [5, 5.41) is 2.21. The van der Waals surface area contributed by atoms with E-state index in [0.717, 1.165) is 9.37 Å². The molecule has 9 heteroatoms. The molecule has 4 amide bonds. The van der Waals surface area contributed by atoms with E-state index in [-0.39, 0.29) is 18.8 Å². The Morgan fingerprint density at radius 3 is 2.34 bits per heavy atom. The molecule has 1 aliphatic heterocycles. The molecule has 0 aliphatic carbocycles. The van der Waals surface area contributed by atoms with Gasteiger partial charge in [-0.15, -0.1) is 0 Å². The second kappa shape index (κ2) is 10.9. The van der Waals surface area contributed by atoms with Gasteiger partial charge in [0.05, 0.1) is 12.8 Å². The molecule has 1 N–H and O–H groups in total. The van der Waals surface area contributed by atoms with E-state index in [1.807, 2.05) is 12.1 Å². The number of nitrogens with zero attached hydrogens (tertiary/aromatic N) is 1. The average Bonchev–Trinajstić information content (AvgIpc) is 2.86. The predicted molar refractivity (Wildman–Crippen MR) is 134 cm³/mol. The summed E-state index contributed by atoms with van der Waals surface area (Å²) in [7, 11) is 1.57. The summed E-state index contributed by atoms with van der Waals surface area (Å²) in [5.41, 5.74) is 0.752. The molecule has 0 radical (unpaired) electrons. The van der Waals surface area contributed by atoms with Crippen molar-refractivity contribution in [1.82, 2.24) is 5.32 Å². The zero-order chi connectivity index (χ0) is 24.8. The zero-order valence-electron chi connectivity index (χ0n) is 18.7. The van der Waals surface area contributed by atoms with Gasteiger partial charge >= 0.3 is 6.03 Å². The van der Waals surface area contributed by atoms with Crippen molar-refractivity contribution in [2.24, 2.45) is 0 Å². The van der Waals surface area contributed by atoms with Crippen LogP contribution in [0.2, 0.25) is 0 Å². The van der Waals surface area contributed by atoms with Crippen LogP contribution in [-0.2, 0) is 9.59 Å². The molecule has 0 spiro atoms. The Bertz CT molecular complexity index is 1290. The van der Waals surface area contributed by atoms with Gasteiger partial charge in [-0.1, -0.05) is 40.2 Å². The van der Waals surface area contributed by atoms with Crippen LogP contribution in [0.25, 0.3) is 6.08 Å². The van der Waals surface area contributed by atoms with Gasteiger partial charge in [-0.3, -0.25) is 14.9 Å². The Hall–Kier alpha value is -4.11. The summed E-state index contributed by atoms with van der Waals surface area (Å²) in [6.45, 7) is 0.556. The standard InChI is InChI=1S/C26H21BrN2O6/c1-33-22-7-2-3-8-23(22)35-14-13-34-20-6-4-5-17(15-20)16-21-24(30)28-26(32)29(25(21)31)19-11-9-18(27)10-12-19/h2-12,15-16H,13-14H2,1H3,(H,28,30,32)/b21-16+. The molecule has 1 saturated heterocycles. The summed E-state index contributed by atoms with van der Waals surface area (Å²) in [6, 6.07) is 20.1. The van der Waals surface area contributed by atoms with E-state index in [1.54, 1.807) is 67.8 Å². The summed E-state index contributed by atoms with van der Waals surface area (Å²) >= 11 is 3.32. The van der Waals surface area contributed by atoms with E-state index in [1.165, 1.54) is 6.08 Å². The number of benzene rings is 3. The fraction of sp³-hybridized carbons (Fsp3) is 0.115. The van der Waals surface area contributed by atoms with E-state index >= 15 is 0 Å². The van der Waals surface area contributed by atoms with E-state index in [4.69, 9.17) is 14.2 Å². The highest BCUT2D eigenvalue weighted by molar-refractivity contribution is 9.10. The van der Waals surface area contributed by atoms with Crippen LogP contribution >= 0.6 is 15.9 Å². The topological polar surface area (TPSA) is 94.2 Å². The van der Waals surface area contributed by atoms with Crippen LogP contribution in [0.5, 0.6) is 17.2 Å². The lowest BCUT2D eigenvalue weighted by Crippen LogP contribution is -2.54. The van der Waals surface area contributed by atoms with Crippen molar-refractivity contribution in [1.29, 1.82) is 0 Å². The number of anilines is 1. The van der Waals surface area contributed by atoms with Gasteiger partial charge < -0.3 is 14.2 Å². The number of carbonyl (C=O) groups is 3. The Labute approximate surface area is 210 Å². The van der Waals surface area contributed by atoms with Crippen molar-refractivity contribution < 1.29 is 28.6 Å². The van der Waals surface area contributed by atoms with Crippen molar-refractivity contribution >= 4 is 45.5 Å². The monoisotopic (exact) mass is 536 g/mol. The largest absolute Gasteiger partial charge is 0.493 e. The maximum absolute atomic E-state index is 13.0. The summed E-state index contributed by atoms with van der Waals surface area (Å²) in [4.78, 5) is 38.7. The van der Waals surface area contributed by atoms with Gasteiger partial charge in [0.1, 0.15) is 24.5 Å². The van der Waals surface area contributed by atoms with Crippen LogP contribution in [0.3, 0.4) is 0 Å². The fourth-order valence-electron chi connectivity index (χ4n) is 3.39. The minimum absolute atomic E-state index is 0.163. The molecule has 3 aromatic rings. The zero-order valence-corrected chi connectivity index (χ0v) is 20.3. The first-order chi connectivity index (χ1) is 17.0. The number of hydrogen-bond acceptors (Lipinski definition) is 6. The molecule has 4 rings (SSSR count). The van der Waals surface area contributed by atoms with Gasteiger partial charge in [-0.25, -0.2) is 9.69 Å². The van der Waals surface area contributed by atoms with Gasteiger partial charge in [0, 0.05) is 4.47 Å². The molecule has 35 heavy (non-hydrogen) atoms. The van der Waals surface area contributed by atoms with Gasteiger partial charge in [0.25, 0.3) is 11.8 Å². The molecule has 1 heterocycles. The average molecular weight is 537 g/mol. The van der Waals surface area contributed by atoms with Gasteiger partial charge in [0.15, 0.2) is 11.5 Å². The first-order valence-corrected chi connectivity index (χ1v) is 11.4. The second-order valence-corrected chi connectivity index (χ2v) is 8.27. The van der Waals surface area contributed by atoms with Crippen LogP contribution in [-0.4, -0.2) is 38.2 Å². The molecule has 0 unspecified atom stereocenters. The minimum atomic E-state index is -0.799. The number of rotatable bonds is 8. The van der Waals surface area contributed by atoms with Crippen molar-refractivity contribution in [2.75, 3.05) is 25.2 Å².